The van der Waals surface area contributed by atoms with Crippen molar-refractivity contribution < 1.29 is 4.52 Å². The van der Waals surface area contributed by atoms with Crippen molar-refractivity contribution in [3.05, 3.63) is 11.2 Å². The highest BCUT2D eigenvalue weighted by Gasteiger charge is 2.37. The standard InChI is InChI=1S/C9H12ClN3O.ClH/c10-9-11-8(14-12-9)7-5-13-3-1-6(7)2-4-13;/h6-7H,1-5H2;1H. The fourth-order valence-corrected chi connectivity index (χ4v) is 2.73. The summed E-state index contributed by atoms with van der Waals surface area (Å²) < 4.78 is 5.14. The van der Waals surface area contributed by atoms with E-state index < -0.39 is 0 Å². The molecule has 0 amide bonds. The van der Waals surface area contributed by atoms with Gasteiger partial charge in [0.25, 0.3) is 5.28 Å². The van der Waals surface area contributed by atoms with Gasteiger partial charge in [-0.25, -0.2) is 0 Å². The van der Waals surface area contributed by atoms with Crippen LogP contribution in [-0.4, -0.2) is 34.7 Å². The summed E-state index contributed by atoms with van der Waals surface area (Å²) in [5.74, 6) is 1.86. The van der Waals surface area contributed by atoms with Gasteiger partial charge in [-0.2, -0.15) is 4.98 Å². The third-order valence-electron chi connectivity index (χ3n) is 3.39. The Balaban J connectivity index is 0.000000853. The number of nitrogens with zero attached hydrogens (tertiary/aromatic N) is 3. The Labute approximate surface area is 99.4 Å². The maximum absolute atomic E-state index is 5.65. The molecule has 0 aromatic carbocycles. The lowest BCUT2D eigenvalue weighted by Gasteiger charge is -2.43. The fraction of sp³-hybridized carbons (Fsp3) is 0.778. The summed E-state index contributed by atoms with van der Waals surface area (Å²) in [5, 5.41) is 3.87. The average Bonchev–Trinajstić information content (AvgIpc) is 2.66. The van der Waals surface area contributed by atoms with Crippen LogP contribution in [0.3, 0.4) is 0 Å². The molecule has 2 bridgehead atoms. The van der Waals surface area contributed by atoms with Crippen LogP contribution >= 0.6 is 24.0 Å². The molecule has 3 aliphatic heterocycles. The number of rotatable bonds is 1. The zero-order chi connectivity index (χ0) is 9.54. The Kier molecular flexibility index (Phi) is 3.19. The van der Waals surface area contributed by atoms with Gasteiger partial charge in [0.1, 0.15) is 0 Å². The Morgan fingerprint density at radius 2 is 2.07 bits per heavy atom. The van der Waals surface area contributed by atoms with Crippen LogP contribution in [0.1, 0.15) is 24.7 Å². The number of halogens is 2. The van der Waals surface area contributed by atoms with Crippen molar-refractivity contribution in [2.75, 3.05) is 19.6 Å². The molecule has 0 spiro atoms. The Hall–Kier alpha value is -0.320. The van der Waals surface area contributed by atoms with Gasteiger partial charge in [-0.1, -0.05) is 0 Å². The van der Waals surface area contributed by atoms with Crippen molar-refractivity contribution in [2.45, 2.75) is 18.8 Å². The van der Waals surface area contributed by atoms with Gasteiger partial charge in [0.2, 0.25) is 5.89 Å². The first kappa shape index (κ1) is 11.2. The predicted octanol–water partition coefficient (Wildman–Crippen LogP) is 1.95. The quantitative estimate of drug-likeness (QED) is 0.764. The van der Waals surface area contributed by atoms with Crippen molar-refractivity contribution in [3.8, 4) is 0 Å². The van der Waals surface area contributed by atoms with Crippen molar-refractivity contribution in [2.24, 2.45) is 5.92 Å². The topological polar surface area (TPSA) is 42.2 Å². The Morgan fingerprint density at radius 3 is 2.53 bits per heavy atom. The third kappa shape index (κ3) is 1.98. The normalized spacial score (nSPS) is 33.8. The molecule has 3 aliphatic rings. The highest BCUT2D eigenvalue weighted by Crippen LogP contribution is 2.38. The van der Waals surface area contributed by atoms with E-state index in [1.54, 1.807) is 0 Å². The summed E-state index contributed by atoms with van der Waals surface area (Å²) in [5.41, 5.74) is 0. The van der Waals surface area contributed by atoms with Crippen LogP contribution in [0.2, 0.25) is 5.28 Å². The molecule has 6 heteroatoms. The van der Waals surface area contributed by atoms with Crippen LogP contribution in [0.25, 0.3) is 0 Å². The number of hydrogen-bond donors (Lipinski definition) is 0. The molecule has 1 atom stereocenters. The summed E-state index contributed by atoms with van der Waals surface area (Å²) in [6, 6.07) is 0. The molecule has 3 fully saturated rings. The van der Waals surface area contributed by atoms with E-state index in [0.29, 0.717) is 5.92 Å². The van der Waals surface area contributed by atoms with Crippen LogP contribution in [0.15, 0.2) is 4.52 Å². The first-order chi connectivity index (χ1) is 6.83. The molecule has 15 heavy (non-hydrogen) atoms. The fourth-order valence-electron chi connectivity index (χ4n) is 2.61. The summed E-state index contributed by atoms with van der Waals surface area (Å²) in [6.45, 7) is 3.51. The maximum atomic E-state index is 5.65. The van der Waals surface area contributed by atoms with E-state index in [1.807, 2.05) is 0 Å². The van der Waals surface area contributed by atoms with Gasteiger partial charge >= 0.3 is 0 Å². The molecule has 0 aliphatic carbocycles. The zero-order valence-corrected chi connectivity index (χ0v) is 9.80. The summed E-state index contributed by atoms with van der Waals surface area (Å²) in [7, 11) is 0. The lowest BCUT2D eigenvalue weighted by atomic mass is 9.79. The summed E-state index contributed by atoms with van der Waals surface area (Å²) in [4.78, 5) is 6.58. The summed E-state index contributed by atoms with van der Waals surface area (Å²) in [6.07, 6.45) is 2.51. The van der Waals surface area contributed by atoms with Crippen molar-refractivity contribution in [1.82, 2.24) is 15.0 Å². The van der Waals surface area contributed by atoms with E-state index in [-0.39, 0.29) is 17.7 Å². The van der Waals surface area contributed by atoms with Gasteiger partial charge in [-0.05, 0) is 48.6 Å². The van der Waals surface area contributed by atoms with Crippen molar-refractivity contribution in [3.63, 3.8) is 0 Å². The van der Waals surface area contributed by atoms with Gasteiger partial charge in [-0.3, -0.25) is 0 Å². The lowest BCUT2D eigenvalue weighted by Crippen LogP contribution is -2.46. The molecule has 1 unspecified atom stereocenters. The smallest absolute Gasteiger partial charge is 0.263 e. The maximum Gasteiger partial charge on any atom is 0.263 e. The van der Waals surface area contributed by atoms with Crippen molar-refractivity contribution in [1.29, 1.82) is 0 Å². The molecule has 0 radical (unpaired) electrons. The number of piperidine rings is 3. The molecule has 0 saturated carbocycles. The SMILES string of the molecule is Cl.Clc1noc(C2CN3CCC2CC3)n1. The van der Waals surface area contributed by atoms with Gasteiger partial charge in [-0.15, -0.1) is 12.4 Å². The van der Waals surface area contributed by atoms with Gasteiger partial charge in [0.15, 0.2) is 0 Å². The number of fused-ring (bicyclic) bond motifs is 3. The van der Waals surface area contributed by atoms with E-state index in [1.165, 1.54) is 25.9 Å². The Morgan fingerprint density at radius 1 is 1.33 bits per heavy atom. The van der Waals surface area contributed by atoms with Gasteiger partial charge in [0.05, 0.1) is 5.92 Å². The van der Waals surface area contributed by atoms with Crippen LogP contribution in [0.4, 0.5) is 0 Å². The molecule has 0 N–H and O–H groups in total. The molecule has 4 rings (SSSR count). The third-order valence-corrected chi connectivity index (χ3v) is 3.54. The van der Waals surface area contributed by atoms with E-state index in [0.717, 1.165) is 18.4 Å². The van der Waals surface area contributed by atoms with Crippen molar-refractivity contribution >= 4 is 24.0 Å². The minimum Gasteiger partial charge on any atom is -0.338 e. The second-order valence-electron chi connectivity index (χ2n) is 4.15. The highest BCUT2D eigenvalue weighted by molar-refractivity contribution is 6.28. The second-order valence-corrected chi connectivity index (χ2v) is 4.48. The predicted molar refractivity (Wildman–Crippen MR) is 58.5 cm³/mol. The minimum absolute atomic E-state index is 0. The zero-order valence-electron chi connectivity index (χ0n) is 8.23. The van der Waals surface area contributed by atoms with Crippen LogP contribution in [0, 0.1) is 5.92 Å². The first-order valence-electron chi connectivity index (χ1n) is 5.04. The molecular weight excluding hydrogens is 237 g/mol. The molecular formula is C9H13Cl2N3O. The molecule has 4 nitrogen and oxygen atoms in total. The second kappa shape index (κ2) is 4.28. The largest absolute Gasteiger partial charge is 0.338 e. The average molecular weight is 250 g/mol. The molecule has 84 valence electrons. The molecule has 4 heterocycles. The number of hydrogen-bond acceptors (Lipinski definition) is 4. The molecule has 1 aromatic heterocycles. The molecule has 1 aromatic rings. The van der Waals surface area contributed by atoms with Crippen LogP contribution in [0.5, 0.6) is 0 Å². The minimum atomic E-state index is 0. The highest BCUT2D eigenvalue weighted by atomic mass is 35.5. The van der Waals surface area contributed by atoms with E-state index >= 15 is 0 Å². The van der Waals surface area contributed by atoms with Gasteiger partial charge < -0.3 is 9.42 Å². The summed E-state index contributed by atoms with van der Waals surface area (Å²) >= 11 is 5.65. The van der Waals surface area contributed by atoms with Crippen LogP contribution < -0.4 is 0 Å². The monoisotopic (exact) mass is 249 g/mol. The number of aromatic nitrogens is 2. The molecule has 3 saturated heterocycles. The van der Waals surface area contributed by atoms with Crippen LogP contribution in [-0.2, 0) is 0 Å². The Bertz CT molecular complexity index is 336. The lowest BCUT2D eigenvalue weighted by molar-refractivity contribution is 0.0727. The van der Waals surface area contributed by atoms with E-state index in [4.69, 9.17) is 16.1 Å². The van der Waals surface area contributed by atoms with E-state index in [2.05, 4.69) is 15.0 Å². The van der Waals surface area contributed by atoms with Gasteiger partial charge in [0, 0.05) is 6.54 Å². The first-order valence-corrected chi connectivity index (χ1v) is 5.42. The van der Waals surface area contributed by atoms with E-state index in [9.17, 15) is 0 Å².